The molecule has 0 spiro atoms. The van der Waals surface area contributed by atoms with Crippen LogP contribution in [0.4, 0.5) is 11.4 Å². The summed E-state index contributed by atoms with van der Waals surface area (Å²) < 4.78 is 4.97. The predicted molar refractivity (Wildman–Crippen MR) is 110 cm³/mol. The highest BCUT2D eigenvalue weighted by atomic mass is 16.5. The summed E-state index contributed by atoms with van der Waals surface area (Å²) in [7, 11) is 3.86. The lowest BCUT2D eigenvalue weighted by Gasteiger charge is -2.13. The molecule has 0 heterocycles. The maximum Gasteiger partial charge on any atom is 0.306 e. The lowest BCUT2D eigenvalue weighted by atomic mass is 9.99. The van der Waals surface area contributed by atoms with Gasteiger partial charge in [0.2, 0.25) is 0 Å². The fourth-order valence-corrected chi connectivity index (χ4v) is 2.64. The first-order chi connectivity index (χ1) is 13.3. The molecule has 28 heavy (non-hydrogen) atoms. The van der Waals surface area contributed by atoms with Gasteiger partial charge in [-0.15, -0.1) is 0 Å². The molecule has 0 aromatic heterocycles. The van der Waals surface area contributed by atoms with Crippen molar-refractivity contribution in [2.75, 3.05) is 30.9 Å². The van der Waals surface area contributed by atoms with Gasteiger partial charge in [0.1, 0.15) is 0 Å². The smallest absolute Gasteiger partial charge is 0.306 e. The third-order valence-electron chi connectivity index (χ3n) is 4.28. The average Bonchev–Trinajstić information content (AvgIpc) is 2.66. The van der Waals surface area contributed by atoms with Crippen LogP contribution in [0.1, 0.15) is 34.3 Å². The molecule has 0 unspecified atom stereocenters. The van der Waals surface area contributed by atoms with Crippen LogP contribution < -0.4 is 10.2 Å². The van der Waals surface area contributed by atoms with E-state index in [-0.39, 0.29) is 25.2 Å². The minimum absolute atomic E-state index is 0.0523. The second-order valence-corrected chi connectivity index (χ2v) is 6.89. The summed E-state index contributed by atoms with van der Waals surface area (Å²) in [5.41, 5.74) is 4.12. The third kappa shape index (κ3) is 6.23. The fraction of sp³-hybridized carbons (Fsp3) is 0.318. The molecule has 0 radical (unpaired) electrons. The number of esters is 1. The number of rotatable bonds is 8. The van der Waals surface area contributed by atoms with Crippen molar-refractivity contribution in [1.82, 2.24) is 0 Å². The van der Waals surface area contributed by atoms with Crippen LogP contribution in [-0.4, -0.2) is 38.4 Å². The van der Waals surface area contributed by atoms with Crippen molar-refractivity contribution < 1.29 is 19.1 Å². The molecule has 2 aromatic carbocycles. The van der Waals surface area contributed by atoms with Crippen molar-refractivity contribution in [3.63, 3.8) is 0 Å². The summed E-state index contributed by atoms with van der Waals surface area (Å²) in [6.07, 6.45) is -0.00618. The van der Waals surface area contributed by atoms with Crippen molar-refractivity contribution in [1.29, 1.82) is 0 Å². The highest BCUT2D eigenvalue weighted by molar-refractivity contribution is 5.99. The molecule has 0 saturated carbocycles. The lowest BCUT2D eigenvalue weighted by molar-refractivity contribution is -0.147. The van der Waals surface area contributed by atoms with Gasteiger partial charge in [-0.1, -0.05) is 17.7 Å². The van der Waals surface area contributed by atoms with E-state index in [0.29, 0.717) is 11.3 Å². The molecule has 6 nitrogen and oxygen atoms in total. The Bertz CT molecular complexity index is 857. The number of Topliss-reactive ketones (excluding diaryl/α,β-unsaturated/α-hetero) is 1. The predicted octanol–water partition coefficient (Wildman–Crippen LogP) is 3.51. The normalized spacial score (nSPS) is 10.3. The molecule has 0 atom stereocenters. The van der Waals surface area contributed by atoms with Crippen LogP contribution in [0.15, 0.2) is 42.5 Å². The van der Waals surface area contributed by atoms with Crippen LogP contribution >= 0.6 is 0 Å². The zero-order valence-corrected chi connectivity index (χ0v) is 16.7. The quantitative estimate of drug-likeness (QED) is 0.558. The molecular formula is C22H26N2O4. The summed E-state index contributed by atoms with van der Waals surface area (Å²) >= 11 is 0. The molecule has 6 heteroatoms. The highest BCUT2D eigenvalue weighted by Crippen LogP contribution is 2.16. The number of ether oxygens (including phenoxy) is 1. The Labute approximate surface area is 165 Å². The number of ketones is 1. The van der Waals surface area contributed by atoms with E-state index in [9.17, 15) is 14.4 Å². The van der Waals surface area contributed by atoms with Gasteiger partial charge in [0.05, 0.1) is 6.42 Å². The monoisotopic (exact) mass is 382 g/mol. The van der Waals surface area contributed by atoms with Gasteiger partial charge in [-0.2, -0.15) is 0 Å². The number of benzene rings is 2. The number of nitrogens with zero attached hydrogens (tertiary/aromatic N) is 1. The van der Waals surface area contributed by atoms with Crippen molar-refractivity contribution in [2.45, 2.75) is 26.7 Å². The first-order valence-electron chi connectivity index (χ1n) is 9.09. The molecule has 148 valence electrons. The highest BCUT2D eigenvalue weighted by Gasteiger charge is 2.14. The SMILES string of the molecule is Cc1ccc(C)c(C(=O)CCC(=O)OCC(=O)Nc2ccc(N(C)C)cc2)c1. The third-order valence-corrected chi connectivity index (χ3v) is 4.28. The van der Waals surface area contributed by atoms with Crippen molar-refractivity contribution in [3.8, 4) is 0 Å². The van der Waals surface area contributed by atoms with E-state index < -0.39 is 11.9 Å². The molecule has 2 aromatic rings. The van der Waals surface area contributed by atoms with Crippen LogP contribution in [0.25, 0.3) is 0 Å². The van der Waals surface area contributed by atoms with Gasteiger partial charge in [-0.3, -0.25) is 14.4 Å². The number of anilines is 2. The van der Waals surface area contributed by atoms with Gasteiger partial charge in [-0.25, -0.2) is 0 Å². The Kier molecular flexibility index (Phi) is 7.32. The Balaban J connectivity index is 1.76. The molecule has 0 bridgehead atoms. The Hall–Kier alpha value is -3.15. The number of aryl methyl sites for hydroxylation is 2. The van der Waals surface area contributed by atoms with Crippen LogP contribution in [0.3, 0.4) is 0 Å². The number of nitrogens with one attached hydrogen (secondary N) is 1. The molecule has 0 aliphatic heterocycles. The maximum absolute atomic E-state index is 12.3. The molecule has 0 aliphatic rings. The zero-order valence-electron chi connectivity index (χ0n) is 16.7. The summed E-state index contributed by atoms with van der Waals surface area (Å²) in [4.78, 5) is 38.0. The largest absolute Gasteiger partial charge is 0.456 e. The average molecular weight is 382 g/mol. The molecular weight excluding hydrogens is 356 g/mol. The van der Waals surface area contributed by atoms with E-state index in [1.165, 1.54) is 0 Å². The molecule has 1 amide bonds. The van der Waals surface area contributed by atoms with Gasteiger partial charge < -0.3 is 15.0 Å². The van der Waals surface area contributed by atoms with Gasteiger partial charge in [0.15, 0.2) is 12.4 Å². The van der Waals surface area contributed by atoms with Crippen molar-refractivity contribution in [2.24, 2.45) is 0 Å². The van der Waals surface area contributed by atoms with Crippen molar-refractivity contribution in [3.05, 3.63) is 59.2 Å². The maximum atomic E-state index is 12.3. The molecule has 0 saturated heterocycles. The first kappa shape index (κ1) is 21.2. The Morgan fingerprint density at radius 3 is 2.29 bits per heavy atom. The minimum Gasteiger partial charge on any atom is -0.456 e. The summed E-state index contributed by atoms with van der Waals surface area (Å²) in [6, 6.07) is 12.9. The first-order valence-corrected chi connectivity index (χ1v) is 9.09. The Morgan fingerprint density at radius 1 is 0.964 bits per heavy atom. The van der Waals surface area contributed by atoms with E-state index in [2.05, 4.69) is 5.32 Å². The number of carbonyl (C=O) groups is 3. The van der Waals surface area contributed by atoms with E-state index >= 15 is 0 Å². The number of hydrogen-bond donors (Lipinski definition) is 1. The number of hydrogen-bond acceptors (Lipinski definition) is 5. The summed E-state index contributed by atoms with van der Waals surface area (Å²) in [5.74, 6) is -1.10. The molecule has 1 N–H and O–H groups in total. The second-order valence-electron chi connectivity index (χ2n) is 6.89. The summed E-state index contributed by atoms with van der Waals surface area (Å²) in [6.45, 7) is 3.39. The van der Waals surface area contributed by atoms with Gasteiger partial charge in [-0.05, 0) is 49.7 Å². The standard InChI is InChI=1S/C22H26N2O4/c1-15-5-6-16(2)19(13-15)20(25)11-12-22(27)28-14-21(26)23-17-7-9-18(10-8-17)24(3)4/h5-10,13H,11-12,14H2,1-4H3,(H,23,26). The van der Waals surface area contributed by atoms with Crippen LogP contribution in [0.5, 0.6) is 0 Å². The topological polar surface area (TPSA) is 75.7 Å². The van der Waals surface area contributed by atoms with Crippen LogP contribution in [-0.2, 0) is 14.3 Å². The number of carbonyl (C=O) groups excluding carboxylic acids is 3. The second kappa shape index (κ2) is 9.69. The van der Waals surface area contributed by atoms with E-state index in [4.69, 9.17) is 4.74 Å². The van der Waals surface area contributed by atoms with E-state index in [1.807, 2.05) is 63.2 Å². The Morgan fingerprint density at radius 2 is 1.64 bits per heavy atom. The summed E-state index contributed by atoms with van der Waals surface area (Å²) in [5, 5.41) is 2.67. The van der Waals surface area contributed by atoms with E-state index in [0.717, 1.165) is 16.8 Å². The minimum atomic E-state index is -0.572. The molecule has 0 fully saturated rings. The van der Waals surface area contributed by atoms with E-state index in [1.54, 1.807) is 12.1 Å². The van der Waals surface area contributed by atoms with Crippen LogP contribution in [0.2, 0.25) is 0 Å². The zero-order chi connectivity index (χ0) is 20.7. The fourth-order valence-electron chi connectivity index (χ4n) is 2.64. The van der Waals surface area contributed by atoms with Gasteiger partial charge in [0.25, 0.3) is 5.91 Å². The number of amides is 1. The molecule has 0 aliphatic carbocycles. The van der Waals surface area contributed by atoms with Gasteiger partial charge in [0, 0.05) is 37.5 Å². The van der Waals surface area contributed by atoms with Crippen molar-refractivity contribution >= 4 is 29.0 Å². The lowest BCUT2D eigenvalue weighted by Crippen LogP contribution is -2.21. The van der Waals surface area contributed by atoms with Crippen LogP contribution in [0, 0.1) is 13.8 Å². The van der Waals surface area contributed by atoms with Gasteiger partial charge >= 0.3 is 5.97 Å². The molecule has 2 rings (SSSR count).